The Kier molecular flexibility index (Phi) is 4.49. The van der Waals surface area contributed by atoms with Crippen LogP contribution in [0.15, 0.2) is 9.82 Å². The van der Waals surface area contributed by atoms with E-state index in [-0.39, 0.29) is 5.56 Å². The van der Waals surface area contributed by atoms with Crippen molar-refractivity contribution in [3.8, 4) is 0 Å². The van der Waals surface area contributed by atoms with Crippen LogP contribution in [0.2, 0.25) is 0 Å². The van der Waals surface area contributed by atoms with E-state index < -0.39 is 24.1 Å². The predicted molar refractivity (Wildman–Crippen MR) is 66.0 cm³/mol. The summed E-state index contributed by atoms with van der Waals surface area (Å²) in [5, 5.41) is 8.94. The Balaban J connectivity index is 3.20. The van der Waals surface area contributed by atoms with Crippen LogP contribution in [0.5, 0.6) is 0 Å². The number of likely N-dealkylation sites (N-methyl/N-ethyl adjacent to an activating group) is 1. The second-order valence-corrected chi connectivity index (χ2v) is 4.40. The van der Waals surface area contributed by atoms with Gasteiger partial charge in [0.15, 0.2) is 0 Å². The van der Waals surface area contributed by atoms with Gasteiger partial charge in [0.05, 0.1) is 5.56 Å². The summed E-state index contributed by atoms with van der Waals surface area (Å²) in [5.74, 6) is -1.59. The Morgan fingerprint density at radius 2 is 2.11 bits per heavy atom. The fourth-order valence-corrected chi connectivity index (χ4v) is 2.04. The van der Waals surface area contributed by atoms with Crippen molar-refractivity contribution in [1.29, 1.82) is 0 Å². The number of aryl methyl sites for hydroxylation is 1. The van der Waals surface area contributed by atoms with Crippen LogP contribution in [0, 0.1) is 6.92 Å². The summed E-state index contributed by atoms with van der Waals surface area (Å²) in [7, 11) is 1.38. The largest absolute Gasteiger partial charge is 0.480 e. The third-order valence-electron chi connectivity index (χ3n) is 2.21. The first kappa shape index (κ1) is 14.2. The molecule has 0 atom stereocenters. The number of carboxylic acids is 1. The lowest BCUT2D eigenvalue weighted by Gasteiger charge is -2.17. The van der Waals surface area contributed by atoms with Gasteiger partial charge in [-0.2, -0.15) is 4.98 Å². The van der Waals surface area contributed by atoms with Crippen molar-refractivity contribution >= 4 is 23.6 Å². The molecule has 1 rings (SSSR count). The minimum Gasteiger partial charge on any atom is -0.480 e. The summed E-state index contributed by atoms with van der Waals surface area (Å²) in [4.78, 5) is 41.0. The molecule has 0 bridgehead atoms. The fourth-order valence-electron chi connectivity index (χ4n) is 1.42. The number of aromatic amines is 1. The van der Waals surface area contributed by atoms with Crippen LogP contribution >= 0.6 is 11.8 Å². The molecular formula is C10H13N3O4S. The molecular weight excluding hydrogens is 258 g/mol. The van der Waals surface area contributed by atoms with Crippen LogP contribution in [0.3, 0.4) is 0 Å². The molecule has 0 aliphatic carbocycles. The molecule has 18 heavy (non-hydrogen) atoms. The van der Waals surface area contributed by atoms with Crippen LogP contribution in [-0.2, 0) is 4.79 Å². The van der Waals surface area contributed by atoms with Gasteiger partial charge in [-0.05, 0) is 13.2 Å². The summed E-state index contributed by atoms with van der Waals surface area (Å²) in [6.45, 7) is 1.16. The number of carbonyl (C=O) groups is 2. The Bertz CT molecular complexity index is 540. The number of carboxylic acid groups (broad SMARTS) is 1. The minimum atomic E-state index is -1.11. The zero-order valence-electron chi connectivity index (χ0n) is 10.2. The van der Waals surface area contributed by atoms with Crippen LogP contribution in [-0.4, -0.2) is 51.7 Å². The molecule has 0 fully saturated rings. The number of rotatable bonds is 4. The van der Waals surface area contributed by atoms with E-state index in [4.69, 9.17) is 5.11 Å². The lowest BCUT2D eigenvalue weighted by molar-refractivity contribution is -0.137. The van der Waals surface area contributed by atoms with Gasteiger partial charge in [0.2, 0.25) is 0 Å². The van der Waals surface area contributed by atoms with E-state index in [2.05, 4.69) is 9.97 Å². The molecule has 0 saturated heterocycles. The molecule has 0 aliphatic rings. The molecule has 0 unspecified atom stereocenters. The summed E-state index contributed by atoms with van der Waals surface area (Å²) in [5.41, 5.74) is 0.0710. The molecule has 2 N–H and O–H groups in total. The molecule has 0 saturated carbocycles. The van der Waals surface area contributed by atoms with E-state index in [1.807, 2.05) is 0 Å². The van der Waals surface area contributed by atoms with Crippen LogP contribution in [0.4, 0.5) is 0 Å². The SMILES string of the molecule is CSc1nc(=O)[nH]c(C)c1C(=O)N(C)CC(=O)O. The fraction of sp³-hybridized carbons (Fsp3) is 0.400. The third-order valence-corrected chi connectivity index (χ3v) is 2.89. The highest BCUT2D eigenvalue weighted by molar-refractivity contribution is 7.98. The number of hydrogen-bond donors (Lipinski definition) is 2. The predicted octanol–water partition coefficient (Wildman–Crippen LogP) is -0.0432. The summed E-state index contributed by atoms with van der Waals surface area (Å²) < 4.78 is 0. The van der Waals surface area contributed by atoms with Crippen molar-refractivity contribution in [3.63, 3.8) is 0 Å². The van der Waals surface area contributed by atoms with Gasteiger partial charge in [-0.25, -0.2) is 4.79 Å². The molecule has 8 heteroatoms. The van der Waals surface area contributed by atoms with Gasteiger partial charge in [-0.1, -0.05) is 0 Å². The Morgan fingerprint density at radius 3 is 2.61 bits per heavy atom. The molecule has 0 spiro atoms. The summed E-state index contributed by atoms with van der Waals surface area (Å²) >= 11 is 1.16. The molecule has 1 amide bonds. The van der Waals surface area contributed by atoms with E-state index in [0.717, 1.165) is 16.7 Å². The number of amides is 1. The first-order valence-corrected chi connectivity index (χ1v) is 6.21. The number of hydrogen-bond acceptors (Lipinski definition) is 5. The molecule has 1 heterocycles. The summed E-state index contributed by atoms with van der Waals surface area (Å²) in [6, 6.07) is 0. The van der Waals surface area contributed by atoms with Crippen LogP contribution in [0.1, 0.15) is 16.1 Å². The average Bonchev–Trinajstić information content (AvgIpc) is 2.26. The van der Waals surface area contributed by atoms with Crippen molar-refractivity contribution < 1.29 is 14.7 Å². The highest BCUT2D eigenvalue weighted by Crippen LogP contribution is 2.19. The Hall–Kier alpha value is -1.83. The van der Waals surface area contributed by atoms with Crippen molar-refractivity contribution in [2.24, 2.45) is 0 Å². The van der Waals surface area contributed by atoms with Crippen LogP contribution < -0.4 is 5.69 Å². The lowest BCUT2D eigenvalue weighted by Crippen LogP contribution is -2.34. The second kappa shape index (κ2) is 5.67. The first-order chi connectivity index (χ1) is 8.36. The molecule has 1 aromatic heterocycles. The smallest absolute Gasteiger partial charge is 0.346 e. The van der Waals surface area contributed by atoms with Gasteiger partial charge in [0, 0.05) is 12.7 Å². The van der Waals surface area contributed by atoms with Crippen molar-refractivity contribution in [2.75, 3.05) is 19.8 Å². The topological polar surface area (TPSA) is 103 Å². The monoisotopic (exact) mass is 271 g/mol. The zero-order valence-corrected chi connectivity index (χ0v) is 11.0. The lowest BCUT2D eigenvalue weighted by atomic mass is 10.2. The number of aliphatic carboxylic acids is 1. The minimum absolute atomic E-state index is 0.228. The maximum absolute atomic E-state index is 12.1. The molecule has 0 aliphatic heterocycles. The number of nitrogens with zero attached hydrogens (tertiary/aromatic N) is 2. The van der Waals surface area contributed by atoms with E-state index in [1.54, 1.807) is 13.2 Å². The quantitative estimate of drug-likeness (QED) is 0.588. The molecule has 7 nitrogen and oxygen atoms in total. The zero-order chi connectivity index (χ0) is 13.9. The van der Waals surface area contributed by atoms with E-state index in [0.29, 0.717) is 10.7 Å². The van der Waals surface area contributed by atoms with Crippen molar-refractivity contribution in [2.45, 2.75) is 11.9 Å². The number of nitrogens with one attached hydrogen (secondary N) is 1. The van der Waals surface area contributed by atoms with E-state index >= 15 is 0 Å². The molecule has 0 aromatic carbocycles. The van der Waals surface area contributed by atoms with E-state index in [1.165, 1.54) is 7.05 Å². The maximum Gasteiger partial charge on any atom is 0.346 e. The molecule has 0 radical (unpaired) electrons. The average molecular weight is 271 g/mol. The number of aromatic nitrogens is 2. The van der Waals surface area contributed by atoms with Gasteiger partial charge >= 0.3 is 11.7 Å². The maximum atomic E-state index is 12.1. The Morgan fingerprint density at radius 1 is 1.50 bits per heavy atom. The molecule has 98 valence electrons. The number of thioether (sulfide) groups is 1. The number of carbonyl (C=O) groups excluding carboxylic acids is 1. The summed E-state index contributed by atoms with van der Waals surface area (Å²) in [6.07, 6.45) is 1.69. The van der Waals surface area contributed by atoms with Crippen molar-refractivity contribution in [1.82, 2.24) is 14.9 Å². The van der Waals surface area contributed by atoms with Gasteiger partial charge < -0.3 is 15.0 Å². The second-order valence-electron chi connectivity index (χ2n) is 3.61. The van der Waals surface area contributed by atoms with Gasteiger partial charge in [-0.15, -0.1) is 11.8 Å². The normalized spacial score (nSPS) is 10.2. The van der Waals surface area contributed by atoms with Gasteiger partial charge in [-0.3, -0.25) is 9.59 Å². The van der Waals surface area contributed by atoms with E-state index in [9.17, 15) is 14.4 Å². The van der Waals surface area contributed by atoms with Crippen LogP contribution in [0.25, 0.3) is 0 Å². The standard InChI is InChI=1S/C10H13N3O4S/c1-5-7(8(18-3)12-10(17)11-5)9(16)13(2)4-6(14)15/h4H2,1-3H3,(H,14,15)(H,11,12,17). The number of H-pyrrole nitrogens is 1. The van der Waals surface area contributed by atoms with Gasteiger partial charge in [0.1, 0.15) is 11.6 Å². The van der Waals surface area contributed by atoms with Crippen molar-refractivity contribution in [3.05, 3.63) is 21.7 Å². The first-order valence-electron chi connectivity index (χ1n) is 4.99. The molecule has 1 aromatic rings. The third kappa shape index (κ3) is 3.10. The highest BCUT2D eigenvalue weighted by atomic mass is 32.2. The highest BCUT2D eigenvalue weighted by Gasteiger charge is 2.21. The van der Waals surface area contributed by atoms with Gasteiger partial charge in [0.25, 0.3) is 5.91 Å². The Labute approximate surface area is 107 Å².